The fraction of sp³-hybridized carbons (Fsp3) is 0.833. The Morgan fingerprint density at radius 2 is 2.06 bits per heavy atom. The molecule has 1 aliphatic heterocycles. The zero-order valence-electron chi connectivity index (χ0n) is 10.5. The third-order valence-corrected chi connectivity index (χ3v) is 3.65. The summed E-state index contributed by atoms with van der Waals surface area (Å²) in [7, 11) is 1.81. The molecule has 5 heteroatoms. The summed E-state index contributed by atoms with van der Waals surface area (Å²) >= 11 is 0. The molecule has 0 aromatic rings. The van der Waals surface area contributed by atoms with Crippen molar-refractivity contribution in [2.75, 3.05) is 13.6 Å². The van der Waals surface area contributed by atoms with Gasteiger partial charge in [-0.25, -0.2) is 4.99 Å². The minimum absolute atomic E-state index is 0.0818. The topological polar surface area (TPSA) is 70.7 Å². The van der Waals surface area contributed by atoms with Gasteiger partial charge < -0.3 is 16.0 Å². The van der Waals surface area contributed by atoms with Crippen LogP contribution in [0.4, 0.5) is 0 Å². The Hall–Kier alpha value is -1.26. The third-order valence-electron chi connectivity index (χ3n) is 3.65. The maximum Gasteiger partial charge on any atom is 0.247 e. The molecule has 0 bridgehead atoms. The molecule has 3 N–H and O–H groups in total. The predicted octanol–water partition coefficient (Wildman–Crippen LogP) is 0.454. The number of amides is 1. The van der Waals surface area contributed by atoms with E-state index in [1.54, 1.807) is 4.90 Å². The molecule has 1 amide bonds. The molecule has 96 valence electrons. The molecule has 1 saturated heterocycles. The number of carbonyl (C=O) groups excluding carboxylic acids is 1. The van der Waals surface area contributed by atoms with E-state index in [2.05, 4.69) is 10.3 Å². The number of guanidine groups is 1. The van der Waals surface area contributed by atoms with Crippen LogP contribution in [-0.4, -0.2) is 42.4 Å². The second-order valence-corrected chi connectivity index (χ2v) is 5.06. The van der Waals surface area contributed by atoms with Crippen molar-refractivity contribution in [3.63, 3.8) is 0 Å². The lowest BCUT2D eigenvalue weighted by molar-refractivity contribution is -0.127. The van der Waals surface area contributed by atoms with E-state index in [0.717, 1.165) is 25.8 Å². The first kappa shape index (κ1) is 12.2. The Bertz CT molecular complexity index is 310. The summed E-state index contributed by atoms with van der Waals surface area (Å²) in [6.45, 7) is 0.781. The first-order valence-electron chi connectivity index (χ1n) is 6.51. The summed E-state index contributed by atoms with van der Waals surface area (Å²) in [6.07, 6.45) is 6.94. The quantitative estimate of drug-likeness (QED) is 0.542. The lowest BCUT2D eigenvalue weighted by Crippen LogP contribution is -2.42. The van der Waals surface area contributed by atoms with Crippen molar-refractivity contribution in [1.29, 1.82) is 0 Å². The molecule has 1 saturated carbocycles. The van der Waals surface area contributed by atoms with Crippen molar-refractivity contribution in [3.8, 4) is 0 Å². The number of aliphatic imine (C=N–C) groups is 1. The number of likely N-dealkylation sites (N-methyl/N-ethyl adjacent to an activating group) is 1. The number of nitrogens with one attached hydrogen (secondary N) is 1. The highest BCUT2D eigenvalue weighted by Gasteiger charge is 2.28. The zero-order chi connectivity index (χ0) is 12.3. The van der Waals surface area contributed by atoms with E-state index in [9.17, 15) is 4.79 Å². The van der Waals surface area contributed by atoms with Crippen LogP contribution in [0.3, 0.4) is 0 Å². The molecule has 2 fully saturated rings. The van der Waals surface area contributed by atoms with Gasteiger partial charge in [0.2, 0.25) is 5.91 Å². The Labute approximate surface area is 102 Å². The molecular weight excluding hydrogens is 216 g/mol. The van der Waals surface area contributed by atoms with Gasteiger partial charge in [0.05, 0.1) is 0 Å². The average molecular weight is 238 g/mol. The van der Waals surface area contributed by atoms with Crippen LogP contribution < -0.4 is 11.1 Å². The third kappa shape index (κ3) is 3.11. The van der Waals surface area contributed by atoms with E-state index < -0.39 is 0 Å². The number of hydrogen-bond acceptors (Lipinski definition) is 2. The molecular formula is C12H22N4O. The molecule has 2 rings (SSSR count). The van der Waals surface area contributed by atoms with Gasteiger partial charge in [0.25, 0.3) is 0 Å². The van der Waals surface area contributed by atoms with Gasteiger partial charge in [0, 0.05) is 19.6 Å². The van der Waals surface area contributed by atoms with Crippen molar-refractivity contribution < 1.29 is 4.79 Å². The van der Waals surface area contributed by atoms with Crippen LogP contribution in [0.15, 0.2) is 4.99 Å². The summed E-state index contributed by atoms with van der Waals surface area (Å²) in [5.74, 6) is 0.518. The van der Waals surface area contributed by atoms with Crippen molar-refractivity contribution in [3.05, 3.63) is 0 Å². The highest BCUT2D eigenvalue weighted by Crippen LogP contribution is 2.17. The van der Waals surface area contributed by atoms with E-state index in [0.29, 0.717) is 12.0 Å². The van der Waals surface area contributed by atoms with Crippen molar-refractivity contribution >= 4 is 11.9 Å². The number of rotatable bonds is 2. The van der Waals surface area contributed by atoms with E-state index in [1.807, 2.05) is 7.05 Å². The second-order valence-electron chi connectivity index (χ2n) is 5.06. The van der Waals surface area contributed by atoms with E-state index in [1.165, 1.54) is 19.3 Å². The highest BCUT2D eigenvalue weighted by molar-refractivity contribution is 5.88. The maximum absolute atomic E-state index is 11.7. The fourth-order valence-corrected chi connectivity index (χ4v) is 2.58. The maximum atomic E-state index is 11.7. The molecule has 1 unspecified atom stereocenters. The molecule has 5 nitrogen and oxygen atoms in total. The fourth-order valence-electron chi connectivity index (χ4n) is 2.58. The number of carbonyl (C=O) groups is 1. The summed E-state index contributed by atoms with van der Waals surface area (Å²) < 4.78 is 0. The Morgan fingerprint density at radius 3 is 2.65 bits per heavy atom. The molecule has 2 aliphatic rings. The Kier molecular flexibility index (Phi) is 3.86. The van der Waals surface area contributed by atoms with Gasteiger partial charge in [0.1, 0.15) is 6.04 Å². The molecule has 1 heterocycles. The lowest BCUT2D eigenvalue weighted by Gasteiger charge is -2.23. The van der Waals surface area contributed by atoms with Gasteiger partial charge in [0.15, 0.2) is 5.96 Å². The number of likely N-dealkylation sites (tertiary alicyclic amines) is 1. The molecule has 1 aliphatic carbocycles. The minimum Gasteiger partial charge on any atom is -0.370 e. The number of nitrogens with two attached hydrogens (primary N) is 1. The summed E-state index contributed by atoms with van der Waals surface area (Å²) in [6, 6.07) is 0.179. The molecule has 0 aromatic heterocycles. The SMILES string of the molecule is CN1CCC(N=C(N)NC2CCCCC2)C1=O. The predicted molar refractivity (Wildman–Crippen MR) is 67.7 cm³/mol. The van der Waals surface area contributed by atoms with E-state index in [4.69, 9.17) is 5.73 Å². The minimum atomic E-state index is -0.268. The smallest absolute Gasteiger partial charge is 0.247 e. The standard InChI is InChI=1S/C12H22N4O/c1-16-8-7-10(11(16)17)15-12(13)14-9-5-3-2-4-6-9/h9-10H,2-8H2,1H3,(H3,13,14,15). The van der Waals surface area contributed by atoms with Crippen LogP contribution in [0.25, 0.3) is 0 Å². The van der Waals surface area contributed by atoms with Crippen molar-refractivity contribution in [2.24, 2.45) is 10.7 Å². The number of hydrogen-bond donors (Lipinski definition) is 2. The molecule has 0 spiro atoms. The summed E-state index contributed by atoms with van der Waals surface area (Å²) in [5, 5.41) is 3.24. The van der Waals surface area contributed by atoms with Crippen LogP contribution in [0, 0.1) is 0 Å². The van der Waals surface area contributed by atoms with Gasteiger partial charge >= 0.3 is 0 Å². The summed E-state index contributed by atoms with van der Waals surface area (Å²) in [4.78, 5) is 17.7. The van der Waals surface area contributed by atoms with Gasteiger partial charge in [-0.3, -0.25) is 4.79 Å². The van der Waals surface area contributed by atoms with E-state index >= 15 is 0 Å². The van der Waals surface area contributed by atoms with Crippen molar-refractivity contribution in [2.45, 2.75) is 50.6 Å². The highest BCUT2D eigenvalue weighted by atomic mass is 16.2. The van der Waals surface area contributed by atoms with Gasteiger partial charge in [-0.15, -0.1) is 0 Å². The monoisotopic (exact) mass is 238 g/mol. The summed E-state index contributed by atoms with van der Waals surface area (Å²) in [5.41, 5.74) is 5.86. The van der Waals surface area contributed by atoms with Gasteiger partial charge in [-0.05, 0) is 19.3 Å². The molecule has 0 radical (unpaired) electrons. The average Bonchev–Trinajstić information content (AvgIpc) is 2.62. The van der Waals surface area contributed by atoms with Crippen LogP contribution >= 0.6 is 0 Å². The second kappa shape index (κ2) is 5.38. The lowest BCUT2D eigenvalue weighted by atomic mass is 9.96. The van der Waals surface area contributed by atoms with Crippen LogP contribution in [0.5, 0.6) is 0 Å². The largest absolute Gasteiger partial charge is 0.370 e. The first-order valence-corrected chi connectivity index (χ1v) is 6.51. The molecule has 17 heavy (non-hydrogen) atoms. The Morgan fingerprint density at radius 1 is 1.35 bits per heavy atom. The van der Waals surface area contributed by atoms with Crippen LogP contribution in [0.1, 0.15) is 38.5 Å². The first-order chi connectivity index (χ1) is 8.16. The molecule has 1 atom stereocenters. The van der Waals surface area contributed by atoms with Crippen LogP contribution in [0.2, 0.25) is 0 Å². The van der Waals surface area contributed by atoms with Gasteiger partial charge in [-0.2, -0.15) is 0 Å². The van der Waals surface area contributed by atoms with Crippen LogP contribution in [-0.2, 0) is 4.79 Å². The Balaban J connectivity index is 1.86. The molecule has 0 aromatic carbocycles. The number of nitrogens with zero attached hydrogens (tertiary/aromatic N) is 2. The van der Waals surface area contributed by atoms with E-state index in [-0.39, 0.29) is 11.9 Å². The normalized spacial score (nSPS) is 27.6. The zero-order valence-corrected chi connectivity index (χ0v) is 10.5. The van der Waals surface area contributed by atoms with Crippen molar-refractivity contribution in [1.82, 2.24) is 10.2 Å². The van der Waals surface area contributed by atoms with Gasteiger partial charge in [-0.1, -0.05) is 19.3 Å².